The molecule has 1 aromatic heterocycles. The van der Waals surface area contributed by atoms with Gasteiger partial charge in [-0.25, -0.2) is 9.37 Å². The Balaban J connectivity index is 1.38. The van der Waals surface area contributed by atoms with Gasteiger partial charge in [-0.05, 0) is 55.5 Å². The normalized spacial score (nSPS) is 10.8. The molecule has 31 heavy (non-hydrogen) atoms. The predicted octanol–water partition coefficient (Wildman–Crippen LogP) is 5.73. The van der Waals surface area contributed by atoms with Gasteiger partial charge in [0.15, 0.2) is 4.34 Å². The van der Waals surface area contributed by atoms with Crippen LogP contribution in [-0.4, -0.2) is 22.6 Å². The average molecular weight is 452 g/mol. The molecular weight excluding hydrogens is 433 g/mol. The van der Waals surface area contributed by atoms with E-state index in [0.717, 1.165) is 25.8 Å². The maximum absolute atomic E-state index is 13.3. The van der Waals surface area contributed by atoms with E-state index in [-0.39, 0.29) is 23.1 Å². The Morgan fingerprint density at radius 2 is 1.77 bits per heavy atom. The number of nitrogens with zero attached hydrogens (tertiary/aromatic N) is 1. The summed E-state index contributed by atoms with van der Waals surface area (Å²) in [6.07, 6.45) is 0. The second-order valence-corrected chi connectivity index (χ2v) is 9.08. The summed E-state index contributed by atoms with van der Waals surface area (Å²) in [6, 6.07) is 18.5. The molecule has 0 saturated carbocycles. The fourth-order valence-corrected chi connectivity index (χ4v) is 4.74. The van der Waals surface area contributed by atoms with Gasteiger partial charge >= 0.3 is 0 Å². The van der Waals surface area contributed by atoms with Gasteiger partial charge in [-0.3, -0.25) is 9.59 Å². The maximum atomic E-state index is 13.3. The largest absolute Gasteiger partial charge is 0.325 e. The van der Waals surface area contributed by atoms with Gasteiger partial charge in [0.05, 0.1) is 16.0 Å². The van der Waals surface area contributed by atoms with Crippen LogP contribution in [0.25, 0.3) is 10.2 Å². The number of hydrogen-bond donors (Lipinski definition) is 2. The van der Waals surface area contributed by atoms with Crippen LogP contribution >= 0.6 is 23.1 Å². The summed E-state index contributed by atoms with van der Waals surface area (Å²) in [6.45, 7) is 1.99. The van der Waals surface area contributed by atoms with Gasteiger partial charge < -0.3 is 10.6 Å². The van der Waals surface area contributed by atoms with Crippen molar-refractivity contribution in [2.75, 3.05) is 16.4 Å². The number of hydrogen-bond acceptors (Lipinski definition) is 5. The van der Waals surface area contributed by atoms with Crippen LogP contribution in [0.3, 0.4) is 0 Å². The van der Waals surface area contributed by atoms with Crippen molar-refractivity contribution in [1.29, 1.82) is 0 Å². The number of rotatable bonds is 6. The molecule has 156 valence electrons. The summed E-state index contributed by atoms with van der Waals surface area (Å²) in [5.74, 6) is -0.697. The van der Waals surface area contributed by atoms with E-state index in [0.29, 0.717) is 5.69 Å². The Hall–Kier alpha value is -3.23. The third kappa shape index (κ3) is 5.48. The minimum absolute atomic E-state index is 0.101. The van der Waals surface area contributed by atoms with Crippen LogP contribution in [0.5, 0.6) is 0 Å². The van der Waals surface area contributed by atoms with Crippen molar-refractivity contribution in [2.24, 2.45) is 0 Å². The smallest absolute Gasteiger partial charge is 0.255 e. The number of aromatic nitrogens is 1. The molecule has 8 heteroatoms. The molecule has 0 fully saturated rings. The number of anilines is 2. The molecule has 0 aliphatic rings. The molecule has 4 rings (SSSR count). The first-order valence-electron chi connectivity index (χ1n) is 9.43. The molecule has 3 aromatic carbocycles. The minimum atomic E-state index is -0.460. The Morgan fingerprint density at radius 1 is 1.00 bits per heavy atom. The molecule has 0 aliphatic heterocycles. The zero-order chi connectivity index (χ0) is 21.8. The molecule has 0 bridgehead atoms. The first-order chi connectivity index (χ1) is 15.0. The van der Waals surface area contributed by atoms with Crippen molar-refractivity contribution in [2.45, 2.75) is 11.3 Å². The van der Waals surface area contributed by atoms with Crippen LogP contribution in [0.4, 0.5) is 15.8 Å². The predicted molar refractivity (Wildman–Crippen MR) is 125 cm³/mol. The number of benzene rings is 3. The minimum Gasteiger partial charge on any atom is -0.325 e. The molecule has 4 aromatic rings. The van der Waals surface area contributed by atoms with Crippen LogP contribution in [0.1, 0.15) is 15.9 Å². The molecule has 0 saturated heterocycles. The van der Waals surface area contributed by atoms with Crippen molar-refractivity contribution in [3.8, 4) is 0 Å². The van der Waals surface area contributed by atoms with Crippen LogP contribution in [0.2, 0.25) is 0 Å². The maximum Gasteiger partial charge on any atom is 0.255 e. The van der Waals surface area contributed by atoms with Crippen LogP contribution < -0.4 is 10.6 Å². The number of thiazole rings is 1. The van der Waals surface area contributed by atoms with Crippen LogP contribution in [0, 0.1) is 12.7 Å². The number of fused-ring (bicyclic) bond motifs is 1. The second-order valence-electron chi connectivity index (χ2n) is 6.83. The molecular formula is C23H18FN3O2S2. The Morgan fingerprint density at radius 3 is 2.55 bits per heavy atom. The zero-order valence-corrected chi connectivity index (χ0v) is 18.1. The fraction of sp³-hybridized carbons (Fsp3) is 0.0870. The van der Waals surface area contributed by atoms with E-state index in [1.807, 2.05) is 43.3 Å². The highest BCUT2D eigenvalue weighted by molar-refractivity contribution is 8.01. The first-order valence-corrected chi connectivity index (χ1v) is 11.2. The summed E-state index contributed by atoms with van der Waals surface area (Å²) in [5, 5.41) is 5.64. The van der Waals surface area contributed by atoms with E-state index < -0.39 is 5.82 Å². The van der Waals surface area contributed by atoms with Crippen molar-refractivity contribution in [1.82, 2.24) is 4.98 Å². The molecule has 1 heterocycles. The van der Waals surface area contributed by atoms with E-state index in [1.165, 1.54) is 41.3 Å². The quantitative estimate of drug-likeness (QED) is 0.368. The van der Waals surface area contributed by atoms with Gasteiger partial charge in [-0.15, -0.1) is 11.3 Å². The number of carbonyl (C=O) groups is 2. The molecule has 2 amide bonds. The number of halogens is 1. The van der Waals surface area contributed by atoms with Gasteiger partial charge in [-0.1, -0.05) is 35.5 Å². The molecule has 0 aliphatic carbocycles. The molecule has 5 nitrogen and oxygen atoms in total. The van der Waals surface area contributed by atoms with Gasteiger partial charge in [0, 0.05) is 16.9 Å². The topological polar surface area (TPSA) is 71.1 Å². The van der Waals surface area contributed by atoms with Gasteiger partial charge in [-0.2, -0.15) is 0 Å². The highest BCUT2D eigenvalue weighted by Gasteiger charge is 2.11. The van der Waals surface area contributed by atoms with Crippen LogP contribution in [-0.2, 0) is 4.79 Å². The third-order valence-electron chi connectivity index (χ3n) is 4.38. The number of nitrogens with one attached hydrogen (secondary N) is 2. The summed E-state index contributed by atoms with van der Waals surface area (Å²) >= 11 is 2.81. The summed E-state index contributed by atoms with van der Waals surface area (Å²) < 4.78 is 15.0. The van der Waals surface area contributed by atoms with Crippen molar-refractivity contribution in [3.05, 3.63) is 83.7 Å². The number of carbonyl (C=O) groups excluding carboxylic acids is 2. The Labute approximate surface area is 186 Å². The average Bonchev–Trinajstić information content (AvgIpc) is 3.16. The molecule has 0 radical (unpaired) electrons. The SMILES string of the molecule is Cc1ccc(NC(=O)CSc2nc3ccc(NC(=O)c4cccc(F)c4)cc3s2)cc1. The van der Waals surface area contributed by atoms with Crippen molar-refractivity contribution < 1.29 is 14.0 Å². The Bertz CT molecular complexity index is 1260. The van der Waals surface area contributed by atoms with E-state index in [4.69, 9.17) is 0 Å². The van der Waals surface area contributed by atoms with Gasteiger partial charge in [0.1, 0.15) is 5.82 Å². The van der Waals surface area contributed by atoms with Crippen molar-refractivity contribution in [3.63, 3.8) is 0 Å². The van der Waals surface area contributed by atoms with E-state index in [1.54, 1.807) is 12.1 Å². The highest BCUT2D eigenvalue weighted by Crippen LogP contribution is 2.31. The van der Waals surface area contributed by atoms with E-state index in [9.17, 15) is 14.0 Å². The third-order valence-corrected chi connectivity index (χ3v) is 6.54. The molecule has 0 spiro atoms. The monoisotopic (exact) mass is 451 g/mol. The number of amides is 2. The lowest BCUT2D eigenvalue weighted by atomic mass is 10.2. The summed E-state index contributed by atoms with van der Waals surface area (Å²) in [4.78, 5) is 29.0. The Kier molecular flexibility index (Phi) is 6.29. The highest BCUT2D eigenvalue weighted by atomic mass is 32.2. The first kappa shape index (κ1) is 21.0. The molecule has 0 atom stereocenters. The standard InChI is InChI=1S/C23H18FN3O2S2/c1-14-5-7-17(8-6-14)25-21(28)13-30-23-27-19-10-9-18(12-20(19)31-23)26-22(29)15-3-2-4-16(24)11-15/h2-12H,13H2,1H3,(H,25,28)(H,26,29). The summed E-state index contributed by atoms with van der Waals surface area (Å²) in [5.41, 5.74) is 3.53. The lowest BCUT2D eigenvalue weighted by molar-refractivity contribution is -0.113. The summed E-state index contributed by atoms with van der Waals surface area (Å²) in [7, 11) is 0. The second kappa shape index (κ2) is 9.28. The van der Waals surface area contributed by atoms with Crippen molar-refractivity contribution >= 4 is 56.5 Å². The fourth-order valence-electron chi connectivity index (χ4n) is 2.84. The van der Waals surface area contributed by atoms with E-state index >= 15 is 0 Å². The van der Waals surface area contributed by atoms with Gasteiger partial charge in [0.2, 0.25) is 5.91 Å². The lowest BCUT2D eigenvalue weighted by Crippen LogP contribution is -2.13. The van der Waals surface area contributed by atoms with Crippen LogP contribution in [0.15, 0.2) is 71.1 Å². The molecule has 0 unspecified atom stereocenters. The molecule has 2 N–H and O–H groups in total. The van der Waals surface area contributed by atoms with E-state index in [2.05, 4.69) is 15.6 Å². The lowest BCUT2D eigenvalue weighted by Gasteiger charge is -2.05. The van der Waals surface area contributed by atoms with Gasteiger partial charge in [0.25, 0.3) is 5.91 Å². The number of thioether (sulfide) groups is 1. The number of aryl methyl sites for hydroxylation is 1. The zero-order valence-electron chi connectivity index (χ0n) is 16.5.